The molecular weight excluding hydrogens is 360 g/mol. The molecule has 0 saturated heterocycles. The highest BCUT2D eigenvalue weighted by Gasteiger charge is 2.51. The highest BCUT2D eigenvalue weighted by molar-refractivity contribution is 5.94. The van der Waals surface area contributed by atoms with Crippen LogP contribution in [0.25, 0.3) is 22.3 Å². The molecule has 0 fully saturated rings. The van der Waals surface area contributed by atoms with Crippen molar-refractivity contribution < 1.29 is 0 Å². The predicted octanol–water partition coefficient (Wildman–Crippen LogP) is 8.39. The smallest absolute Gasteiger partial charge is 0.0683 e. The molecule has 0 saturated carbocycles. The normalized spacial score (nSPS) is 13.1. The van der Waals surface area contributed by atoms with Crippen molar-refractivity contribution in [2.45, 2.75) is 40.0 Å². The number of benzene rings is 4. The predicted molar refractivity (Wildman–Crippen MR) is 130 cm³/mol. The van der Waals surface area contributed by atoms with E-state index in [2.05, 4.69) is 97.9 Å². The van der Waals surface area contributed by atoms with E-state index >= 15 is 0 Å². The van der Waals surface area contributed by atoms with Crippen molar-refractivity contribution in [3.8, 4) is 22.3 Å². The molecule has 0 amide bonds. The first kappa shape index (κ1) is 20.2. The van der Waals surface area contributed by atoms with Gasteiger partial charge in [0.15, 0.2) is 0 Å². The number of fused-ring (bicyclic) bond motifs is 10. The molecule has 2 aliphatic carbocycles. The van der Waals surface area contributed by atoms with Gasteiger partial charge in [0, 0.05) is 0 Å². The molecule has 0 atom stereocenters. The Morgan fingerprint density at radius 1 is 0.433 bits per heavy atom. The lowest BCUT2D eigenvalue weighted by Gasteiger charge is -2.30. The van der Waals surface area contributed by atoms with Crippen molar-refractivity contribution in [2.24, 2.45) is 0 Å². The molecule has 0 bridgehead atoms. The van der Waals surface area contributed by atoms with Crippen molar-refractivity contribution in [2.75, 3.05) is 0 Å². The zero-order chi connectivity index (χ0) is 21.3. The fraction of sp³-hybridized carbons (Fsp3) is 0.200. The molecule has 6 rings (SSSR count). The van der Waals surface area contributed by atoms with E-state index in [0.717, 1.165) is 0 Å². The standard InChI is InChI=1S/C26H18.2C2H6/c1-17-14-15-21-20-10-4-7-13-24(20)26(25(21)16-17)22-11-5-2-8-18(22)19-9-3-6-12-23(19)26;2*1-2/h2-16H,1H3;2*1-2H3. The highest BCUT2D eigenvalue weighted by Crippen LogP contribution is 2.62. The Balaban J connectivity index is 0.000000516. The molecule has 0 aromatic heterocycles. The summed E-state index contributed by atoms with van der Waals surface area (Å²) < 4.78 is 0. The Morgan fingerprint density at radius 2 is 0.800 bits per heavy atom. The minimum atomic E-state index is -0.189. The Hall–Kier alpha value is -3.12. The van der Waals surface area contributed by atoms with Gasteiger partial charge in [-0.25, -0.2) is 0 Å². The lowest BCUT2D eigenvalue weighted by atomic mass is 9.70. The van der Waals surface area contributed by atoms with E-state index in [1.165, 1.54) is 50.1 Å². The number of rotatable bonds is 0. The minimum absolute atomic E-state index is 0.189. The molecule has 0 nitrogen and oxygen atoms in total. The van der Waals surface area contributed by atoms with Crippen LogP contribution in [-0.2, 0) is 5.41 Å². The monoisotopic (exact) mass is 390 g/mol. The van der Waals surface area contributed by atoms with E-state index in [0.29, 0.717) is 0 Å². The highest BCUT2D eigenvalue weighted by atomic mass is 14.5. The summed E-state index contributed by atoms with van der Waals surface area (Å²) in [5, 5.41) is 0. The van der Waals surface area contributed by atoms with E-state index < -0.39 is 0 Å². The van der Waals surface area contributed by atoms with Crippen molar-refractivity contribution in [3.63, 3.8) is 0 Å². The van der Waals surface area contributed by atoms with E-state index in [-0.39, 0.29) is 5.41 Å². The number of hydrogen-bond acceptors (Lipinski definition) is 0. The zero-order valence-corrected chi connectivity index (χ0v) is 18.7. The first-order valence-corrected chi connectivity index (χ1v) is 11.2. The Kier molecular flexibility index (Phi) is 5.35. The first-order valence-electron chi connectivity index (χ1n) is 11.2. The summed E-state index contributed by atoms with van der Waals surface area (Å²) in [6.07, 6.45) is 0. The maximum absolute atomic E-state index is 2.40. The summed E-state index contributed by atoms with van der Waals surface area (Å²) in [5.74, 6) is 0. The molecule has 0 radical (unpaired) electrons. The zero-order valence-electron chi connectivity index (χ0n) is 18.7. The fourth-order valence-corrected chi connectivity index (χ4v) is 5.21. The second-order valence-electron chi connectivity index (χ2n) is 7.44. The van der Waals surface area contributed by atoms with E-state index in [4.69, 9.17) is 0 Å². The van der Waals surface area contributed by atoms with Gasteiger partial charge in [0.25, 0.3) is 0 Å². The third-order valence-corrected chi connectivity index (χ3v) is 6.15. The van der Waals surface area contributed by atoms with Gasteiger partial charge in [-0.1, -0.05) is 124 Å². The van der Waals surface area contributed by atoms with Crippen LogP contribution in [0.1, 0.15) is 55.5 Å². The summed E-state index contributed by atoms with van der Waals surface area (Å²) in [4.78, 5) is 0. The topological polar surface area (TPSA) is 0 Å². The molecule has 0 heteroatoms. The van der Waals surface area contributed by atoms with Crippen LogP contribution in [-0.4, -0.2) is 0 Å². The van der Waals surface area contributed by atoms with Gasteiger partial charge in [-0.2, -0.15) is 0 Å². The summed E-state index contributed by atoms with van der Waals surface area (Å²) in [5.41, 5.74) is 12.3. The fourth-order valence-electron chi connectivity index (χ4n) is 5.21. The molecular formula is C30H30. The maximum Gasteiger partial charge on any atom is 0.0725 e. The molecule has 1 spiro atoms. The molecule has 0 heterocycles. The largest absolute Gasteiger partial charge is 0.0725 e. The Labute approximate surface area is 181 Å². The van der Waals surface area contributed by atoms with Gasteiger partial charge in [-0.05, 0) is 51.4 Å². The molecule has 4 aromatic carbocycles. The van der Waals surface area contributed by atoms with Crippen molar-refractivity contribution in [1.82, 2.24) is 0 Å². The van der Waals surface area contributed by atoms with E-state index in [9.17, 15) is 0 Å². The lowest BCUT2D eigenvalue weighted by molar-refractivity contribution is 0.792. The van der Waals surface area contributed by atoms with Crippen molar-refractivity contribution in [1.29, 1.82) is 0 Å². The molecule has 4 aromatic rings. The maximum atomic E-state index is 2.40. The molecule has 150 valence electrons. The van der Waals surface area contributed by atoms with Crippen LogP contribution in [0.2, 0.25) is 0 Å². The lowest BCUT2D eigenvalue weighted by Crippen LogP contribution is -2.25. The Bertz CT molecular complexity index is 1130. The molecule has 0 aliphatic heterocycles. The van der Waals surface area contributed by atoms with Crippen molar-refractivity contribution >= 4 is 0 Å². The van der Waals surface area contributed by atoms with Gasteiger partial charge in [0.1, 0.15) is 0 Å². The van der Waals surface area contributed by atoms with Gasteiger partial charge in [0.2, 0.25) is 0 Å². The third-order valence-electron chi connectivity index (χ3n) is 6.15. The van der Waals surface area contributed by atoms with Crippen LogP contribution >= 0.6 is 0 Å². The summed E-state index contributed by atoms with van der Waals surface area (Å²) in [6.45, 7) is 10.2. The summed E-state index contributed by atoms with van der Waals surface area (Å²) in [6, 6.07) is 33.8. The third kappa shape index (κ3) is 2.53. The molecule has 0 unspecified atom stereocenters. The molecule has 30 heavy (non-hydrogen) atoms. The quantitative estimate of drug-likeness (QED) is 0.244. The summed E-state index contributed by atoms with van der Waals surface area (Å²) >= 11 is 0. The van der Waals surface area contributed by atoms with Gasteiger partial charge < -0.3 is 0 Å². The molecule has 0 N–H and O–H groups in total. The van der Waals surface area contributed by atoms with Crippen LogP contribution in [0, 0.1) is 6.92 Å². The number of aryl methyl sites for hydroxylation is 1. The van der Waals surface area contributed by atoms with E-state index in [1.54, 1.807) is 0 Å². The van der Waals surface area contributed by atoms with E-state index in [1.807, 2.05) is 27.7 Å². The van der Waals surface area contributed by atoms with Gasteiger partial charge in [-0.15, -0.1) is 0 Å². The number of hydrogen-bond donors (Lipinski definition) is 0. The molecule has 2 aliphatic rings. The first-order chi connectivity index (χ1) is 14.8. The van der Waals surface area contributed by atoms with Crippen molar-refractivity contribution in [3.05, 3.63) is 119 Å². The summed E-state index contributed by atoms with van der Waals surface area (Å²) in [7, 11) is 0. The van der Waals surface area contributed by atoms with Gasteiger partial charge in [-0.3, -0.25) is 0 Å². The van der Waals surface area contributed by atoms with Crippen LogP contribution in [0.4, 0.5) is 0 Å². The SMILES string of the molecule is CC.CC.Cc1ccc2c(c1)C1(c3ccccc3-c3ccccc31)c1ccccc1-2. The Morgan fingerprint density at radius 3 is 1.23 bits per heavy atom. The van der Waals surface area contributed by atoms with Gasteiger partial charge >= 0.3 is 0 Å². The average molecular weight is 391 g/mol. The van der Waals surface area contributed by atoms with Crippen LogP contribution in [0.15, 0.2) is 91.0 Å². The average Bonchev–Trinajstić information content (AvgIpc) is 3.29. The van der Waals surface area contributed by atoms with Gasteiger partial charge in [0.05, 0.1) is 5.41 Å². The minimum Gasteiger partial charge on any atom is -0.0683 e. The van der Waals surface area contributed by atoms with Crippen LogP contribution < -0.4 is 0 Å². The second kappa shape index (κ2) is 7.95. The van der Waals surface area contributed by atoms with Crippen LogP contribution in [0.3, 0.4) is 0 Å². The second-order valence-corrected chi connectivity index (χ2v) is 7.44. The van der Waals surface area contributed by atoms with Crippen LogP contribution in [0.5, 0.6) is 0 Å².